The number of fused-ring (bicyclic) bond motifs is 8. The van der Waals surface area contributed by atoms with Crippen molar-refractivity contribution < 1.29 is 24.4 Å². The van der Waals surface area contributed by atoms with Crippen molar-refractivity contribution in [2.75, 3.05) is 40.0 Å². The summed E-state index contributed by atoms with van der Waals surface area (Å²) >= 11 is 0. The maximum absolute atomic E-state index is 9.69. The van der Waals surface area contributed by atoms with Gasteiger partial charge in [-0.05, 0) is 92.0 Å². The molecule has 0 saturated carbocycles. The summed E-state index contributed by atoms with van der Waals surface area (Å²) in [5.41, 5.74) is 12.7. The van der Waals surface area contributed by atoms with Crippen LogP contribution in [0.3, 0.4) is 0 Å². The van der Waals surface area contributed by atoms with Crippen molar-refractivity contribution in [1.29, 1.82) is 5.26 Å². The topological polar surface area (TPSA) is 264 Å². The summed E-state index contributed by atoms with van der Waals surface area (Å²) in [7, 11) is 3.89. The number of ether oxygens (including phenoxy) is 3. The lowest BCUT2D eigenvalue weighted by atomic mass is 10.1. The lowest BCUT2D eigenvalue weighted by molar-refractivity contribution is 0.109. The monoisotopic (exact) mass is 1010 g/mol. The van der Waals surface area contributed by atoms with E-state index in [4.69, 9.17) is 29.6 Å². The van der Waals surface area contributed by atoms with Crippen molar-refractivity contribution in [2.45, 2.75) is 107 Å². The number of nitrogens with zero attached hydrogens (tertiary/aromatic N) is 14. The van der Waals surface area contributed by atoms with Crippen molar-refractivity contribution in [3.63, 3.8) is 0 Å². The van der Waals surface area contributed by atoms with Crippen LogP contribution in [0.1, 0.15) is 92.5 Å². The zero-order valence-corrected chi connectivity index (χ0v) is 44.1. The average molecular weight is 1010 g/mol. The predicted molar refractivity (Wildman–Crippen MR) is 283 cm³/mol. The molecule has 0 aromatic carbocycles. The molecule has 390 valence electrons. The van der Waals surface area contributed by atoms with Gasteiger partial charge in [-0.25, -0.2) is 4.68 Å². The average Bonchev–Trinajstić information content (AvgIpc) is 4.23. The Morgan fingerprint density at radius 2 is 1.34 bits per heavy atom. The van der Waals surface area contributed by atoms with Crippen LogP contribution in [0.15, 0.2) is 24.5 Å². The number of hydrogen-bond acceptors (Lipinski definition) is 16. The zero-order chi connectivity index (χ0) is 52.8. The number of likely N-dealkylation sites (N-methyl/N-ethyl adjacent to an activating group) is 1. The van der Waals surface area contributed by atoms with E-state index in [0.29, 0.717) is 62.6 Å². The highest BCUT2D eigenvalue weighted by Crippen LogP contribution is 2.36. The molecular formula is C52H67N17O5. The maximum Gasteiger partial charge on any atom is 0.242 e. The van der Waals surface area contributed by atoms with Gasteiger partial charge in [-0.2, -0.15) is 25.7 Å². The summed E-state index contributed by atoms with van der Waals surface area (Å²) < 4.78 is 23.9. The van der Waals surface area contributed by atoms with Gasteiger partial charge in [0.05, 0.1) is 112 Å². The highest BCUT2D eigenvalue weighted by molar-refractivity contribution is 5.93. The molecule has 2 unspecified atom stereocenters. The summed E-state index contributed by atoms with van der Waals surface area (Å²) in [4.78, 5) is 13.8. The van der Waals surface area contributed by atoms with E-state index in [0.717, 1.165) is 89.6 Å². The molecule has 0 radical (unpaired) electrons. The maximum atomic E-state index is 9.69. The lowest BCUT2D eigenvalue weighted by Gasteiger charge is -2.30. The van der Waals surface area contributed by atoms with Crippen LogP contribution >= 0.6 is 0 Å². The Morgan fingerprint density at radius 1 is 0.743 bits per heavy atom. The normalized spacial score (nSPS) is 16.9. The molecule has 0 fully saturated rings. The van der Waals surface area contributed by atoms with Crippen LogP contribution in [0.4, 0.5) is 0 Å². The van der Waals surface area contributed by atoms with Crippen LogP contribution < -0.4 is 14.2 Å². The number of nitriles is 1. The van der Waals surface area contributed by atoms with Crippen LogP contribution in [0.25, 0.3) is 68.6 Å². The SMILES string of the molecule is CC.Cc1[nH]nc2c1-c1cc3c(n[nH]c3cn1)/C=C/c1c(OCC#N)nn(CCO)c1CN(C)CC(C)O2.Cc1nn(CCO)c2c1/C=C/c1n[nH]c3cnc(cc13)-c1c(C)nn(C)c1OC(C)CN(C(C)C)C2. The minimum Gasteiger partial charge on any atom is -0.473 e. The fraction of sp³-hybridized carbons (Fsp3) is 0.442. The Balaban J connectivity index is 0.000000191. The van der Waals surface area contributed by atoms with Gasteiger partial charge in [0.1, 0.15) is 18.3 Å². The summed E-state index contributed by atoms with van der Waals surface area (Å²) in [5.74, 6) is 1.53. The molecule has 22 nitrogen and oxygen atoms in total. The summed E-state index contributed by atoms with van der Waals surface area (Å²) in [5, 5.41) is 66.7. The fourth-order valence-corrected chi connectivity index (χ4v) is 9.40. The molecule has 0 spiro atoms. The molecule has 0 amide bonds. The Labute approximate surface area is 429 Å². The molecule has 2 aliphatic rings. The Hall–Kier alpha value is -7.71. The van der Waals surface area contributed by atoms with Crippen LogP contribution in [-0.2, 0) is 33.2 Å². The molecule has 5 N–H and O–H groups in total. The largest absolute Gasteiger partial charge is 0.473 e. The van der Waals surface area contributed by atoms with E-state index in [9.17, 15) is 10.2 Å². The van der Waals surface area contributed by atoms with Crippen LogP contribution in [0, 0.1) is 32.1 Å². The minimum absolute atomic E-state index is 0.0286. The van der Waals surface area contributed by atoms with Crippen LogP contribution in [-0.4, -0.2) is 148 Å². The summed E-state index contributed by atoms with van der Waals surface area (Å²) in [6, 6.07) is 6.27. The molecule has 74 heavy (non-hydrogen) atoms. The van der Waals surface area contributed by atoms with E-state index >= 15 is 0 Å². The number of rotatable bonds is 7. The first-order valence-corrected chi connectivity index (χ1v) is 25.0. The number of aryl methyl sites for hydroxylation is 4. The van der Waals surface area contributed by atoms with Crippen LogP contribution in [0.5, 0.6) is 17.6 Å². The molecule has 10 heterocycles. The van der Waals surface area contributed by atoms with E-state index in [1.807, 2.05) is 103 Å². The molecule has 2 aliphatic heterocycles. The number of nitrogens with one attached hydrogen (secondary N) is 3. The number of aromatic amines is 3. The Kier molecular flexibility index (Phi) is 16.4. The molecular weight excluding hydrogens is 943 g/mol. The third-order valence-corrected chi connectivity index (χ3v) is 12.8. The molecule has 8 aromatic heterocycles. The molecule has 4 bridgehead atoms. The number of hydrogen-bond donors (Lipinski definition) is 5. The molecule has 2 atom stereocenters. The van der Waals surface area contributed by atoms with Gasteiger partial charge in [0.2, 0.25) is 17.6 Å². The summed E-state index contributed by atoms with van der Waals surface area (Å²) in [6.45, 7) is 21.4. The number of aromatic nitrogens is 14. The van der Waals surface area contributed by atoms with Gasteiger partial charge in [-0.1, -0.05) is 13.8 Å². The van der Waals surface area contributed by atoms with Gasteiger partial charge < -0.3 is 24.4 Å². The third-order valence-electron chi connectivity index (χ3n) is 12.8. The number of pyridine rings is 2. The Bertz CT molecular complexity index is 3330. The standard InChI is InChI=1S/C26H34N8O2.C24H27N9O3.C2H6/c1-15(2)33-13-16(3)36-26-25(18(5)30-32(26)6)22-11-20-21(28-29-23(20)12-27-22)8-7-19-17(4)31-34(9-10-35)24(19)14-33;1-14-12-32(3)13-21-16(23(35-9-6-25)31-33(21)7-8-34)4-5-18-17-10-19(26-11-20(17)29-28-18)22-15(2)27-30-24(22)36-14;1-2/h7-8,11-12,15-16,35H,9-10,13-14H2,1-6H3,(H,28,29);4-5,10-11,14,34H,7-9,12-13H2,1-3H3,(H,27,30)(H,28,29);1-2H3/b8-7+;5-4+;. The molecule has 22 heteroatoms. The predicted octanol–water partition coefficient (Wildman–Crippen LogP) is 6.48. The van der Waals surface area contributed by atoms with Crippen molar-refractivity contribution in [1.82, 2.24) is 79.7 Å². The Morgan fingerprint density at radius 3 is 1.96 bits per heavy atom. The third kappa shape index (κ3) is 11.0. The quantitative estimate of drug-likeness (QED) is 0.114. The second-order valence-corrected chi connectivity index (χ2v) is 18.6. The number of aliphatic hydroxyl groups excluding tert-OH is 2. The van der Waals surface area contributed by atoms with Crippen molar-refractivity contribution in [3.8, 4) is 46.2 Å². The zero-order valence-electron chi connectivity index (χ0n) is 44.1. The molecule has 10 rings (SSSR count). The lowest BCUT2D eigenvalue weighted by Crippen LogP contribution is -2.39. The van der Waals surface area contributed by atoms with Crippen molar-refractivity contribution >= 4 is 46.1 Å². The molecule has 0 aliphatic carbocycles. The van der Waals surface area contributed by atoms with Crippen molar-refractivity contribution in [3.05, 3.63) is 75.5 Å². The van der Waals surface area contributed by atoms with E-state index in [1.54, 1.807) is 15.6 Å². The first kappa shape index (κ1) is 52.6. The highest BCUT2D eigenvalue weighted by Gasteiger charge is 2.27. The van der Waals surface area contributed by atoms with Gasteiger partial charge in [-0.3, -0.25) is 44.4 Å². The van der Waals surface area contributed by atoms with E-state index in [2.05, 4.69) is 82.4 Å². The second kappa shape index (κ2) is 23.0. The van der Waals surface area contributed by atoms with Gasteiger partial charge in [0.25, 0.3) is 0 Å². The van der Waals surface area contributed by atoms with Crippen molar-refractivity contribution in [2.24, 2.45) is 7.05 Å². The van der Waals surface area contributed by atoms with Gasteiger partial charge >= 0.3 is 0 Å². The van der Waals surface area contributed by atoms with E-state index in [1.165, 1.54) is 0 Å². The van der Waals surface area contributed by atoms with Crippen LogP contribution in [0.2, 0.25) is 0 Å². The van der Waals surface area contributed by atoms with Gasteiger partial charge in [0, 0.05) is 61.3 Å². The first-order valence-electron chi connectivity index (χ1n) is 25.0. The second-order valence-electron chi connectivity index (χ2n) is 18.6. The fourth-order valence-electron chi connectivity index (χ4n) is 9.40. The number of aliphatic hydroxyl groups is 2. The molecule has 8 aromatic rings. The minimum atomic E-state index is -0.183. The number of H-pyrrole nitrogens is 3. The highest BCUT2D eigenvalue weighted by atomic mass is 16.5. The summed E-state index contributed by atoms with van der Waals surface area (Å²) in [6.07, 6.45) is 11.1. The smallest absolute Gasteiger partial charge is 0.242 e. The first-order chi connectivity index (χ1) is 35.7. The van der Waals surface area contributed by atoms with E-state index < -0.39 is 0 Å². The van der Waals surface area contributed by atoms with Gasteiger partial charge in [0.15, 0.2) is 6.61 Å². The van der Waals surface area contributed by atoms with Gasteiger partial charge in [-0.15, -0.1) is 10.2 Å². The van der Waals surface area contributed by atoms with E-state index in [-0.39, 0.29) is 38.1 Å². The molecule has 0 saturated heterocycles.